The van der Waals surface area contributed by atoms with Crippen molar-refractivity contribution in [1.82, 2.24) is 19.6 Å². The van der Waals surface area contributed by atoms with E-state index in [1.54, 1.807) is 0 Å². The normalized spacial score (nSPS) is 17.6. The average molecular weight is 310 g/mol. The van der Waals surface area contributed by atoms with Gasteiger partial charge >= 0.3 is 0 Å². The number of rotatable bonds is 2. The van der Waals surface area contributed by atoms with Crippen LogP contribution in [0.2, 0.25) is 0 Å². The van der Waals surface area contributed by atoms with Crippen molar-refractivity contribution in [2.75, 3.05) is 0 Å². The van der Waals surface area contributed by atoms with Gasteiger partial charge in [-0.05, 0) is 44.2 Å². The lowest BCUT2D eigenvalue weighted by Crippen LogP contribution is -2.08. The van der Waals surface area contributed by atoms with Gasteiger partial charge in [-0.15, -0.1) is 10.2 Å². The molecule has 0 bridgehead atoms. The summed E-state index contributed by atoms with van der Waals surface area (Å²) in [5, 5.41) is 10.1. The smallest absolute Gasteiger partial charge is 0.197 e. The predicted octanol–water partition coefficient (Wildman–Crippen LogP) is 3.91. The van der Waals surface area contributed by atoms with Crippen LogP contribution in [0.1, 0.15) is 40.7 Å². The molecule has 5 heteroatoms. The quantitative estimate of drug-likeness (QED) is 0.720. The van der Waals surface area contributed by atoms with E-state index in [4.69, 9.17) is 0 Å². The van der Waals surface area contributed by atoms with Gasteiger partial charge in [0.15, 0.2) is 10.8 Å². The number of nitrogens with zero attached hydrogens (tertiary/aromatic N) is 4. The fourth-order valence-electron chi connectivity index (χ4n) is 3.24. The van der Waals surface area contributed by atoms with Crippen LogP contribution >= 0.6 is 11.8 Å². The van der Waals surface area contributed by atoms with Crippen molar-refractivity contribution in [2.24, 2.45) is 0 Å². The summed E-state index contributed by atoms with van der Waals surface area (Å²) >= 11 is 1.81. The third-order valence-electron chi connectivity index (χ3n) is 4.22. The van der Waals surface area contributed by atoms with E-state index in [2.05, 4.69) is 43.8 Å². The van der Waals surface area contributed by atoms with Gasteiger partial charge < -0.3 is 0 Å². The summed E-state index contributed by atoms with van der Waals surface area (Å²) in [6.07, 6.45) is 3.62. The first kappa shape index (κ1) is 13.8. The van der Waals surface area contributed by atoms with Crippen molar-refractivity contribution in [1.29, 1.82) is 0 Å². The Morgan fingerprint density at radius 1 is 1.18 bits per heavy atom. The summed E-state index contributed by atoms with van der Waals surface area (Å²) in [6.45, 7) is 4.01. The predicted molar refractivity (Wildman–Crippen MR) is 88.2 cm³/mol. The molecule has 1 atom stereocenters. The molecular formula is C17H18N4S. The number of aromatic nitrogens is 4. The van der Waals surface area contributed by atoms with Crippen LogP contribution in [-0.2, 0) is 6.42 Å². The fraction of sp³-hybridized carbons (Fsp3) is 0.353. The zero-order chi connectivity index (χ0) is 15.1. The monoisotopic (exact) mass is 310 g/mol. The molecule has 3 aromatic rings. The minimum Gasteiger partial charge on any atom is -0.258 e. The van der Waals surface area contributed by atoms with Crippen molar-refractivity contribution in [3.63, 3.8) is 0 Å². The third kappa shape index (κ3) is 2.29. The highest BCUT2D eigenvalue weighted by Gasteiger charge is 2.23. The van der Waals surface area contributed by atoms with Crippen LogP contribution in [0.15, 0.2) is 35.5 Å². The molecule has 22 heavy (non-hydrogen) atoms. The van der Waals surface area contributed by atoms with E-state index in [0.29, 0.717) is 5.25 Å². The van der Waals surface area contributed by atoms with Gasteiger partial charge in [0.25, 0.3) is 0 Å². The lowest BCUT2D eigenvalue weighted by atomic mass is 9.91. The molecule has 4 nitrogen and oxygen atoms in total. The summed E-state index contributed by atoms with van der Waals surface area (Å²) in [7, 11) is 0. The Labute approximate surface area is 134 Å². The van der Waals surface area contributed by atoms with Gasteiger partial charge in [0.1, 0.15) is 5.82 Å². The van der Waals surface area contributed by atoms with Gasteiger partial charge in [0, 0.05) is 17.0 Å². The fourth-order valence-corrected chi connectivity index (χ4v) is 4.55. The van der Waals surface area contributed by atoms with E-state index in [0.717, 1.165) is 22.3 Å². The maximum absolute atomic E-state index is 4.54. The highest BCUT2D eigenvalue weighted by molar-refractivity contribution is 7.99. The highest BCUT2D eigenvalue weighted by Crippen LogP contribution is 2.42. The molecule has 0 unspecified atom stereocenters. The number of hydrogen-bond acceptors (Lipinski definition) is 4. The zero-order valence-corrected chi connectivity index (χ0v) is 13.6. The Kier molecular flexibility index (Phi) is 3.37. The minimum atomic E-state index is 0.457. The Balaban J connectivity index is 1.73. The maximum Gasteiger partial charge on any atom is 0.197 e. The number of thioether (sulfide) groups is 1. The van der Waals surface area contributed by atoms with Crippen molar-refractivity contribution < 1.29 is 0 Å². The summed E-state index contributed by atoms with van der Waals surface area (Å²) < 4.78 is 2.06. The molecule has 0 fully saturated rings. The minimum absolute atomic E-state index is 0.457. The van der Waals surface area contributed by atoms with Crippen LogP contribution in [0.5, 0.6) is 0 Å². The summed E-state index contributed by atoms with van der Waals surface area (Å²) in [5.41, 5.74) is 4.80. The van der Waals surface area contributed by atoms with E-state index in [-0.39, 0.29) is 0 Å². The molecule has 1 aliphatic rings. The Morgan fingerprint density at radius 3 is 2.95 bits per heavy atom. The maximum atomic E-state index is 4.54. The first-order chi connectivity index (χ1) is 10.7. The molecule has 4 rings (SSSR count). The first-order valence-electron chi connectivity index (χ1n) is 7.66. The van der Waals surface area contributed by atoms with Crippen LogP contribution in [0.3, 0.4) is 0 Å². The lowest BCUT2D eigenvalue weighted by Gasteiger charge is -2.24. The second kappa shape index (κ2) is 5.39. The highest BCUT2D eigenvalue weighted by atomic mass is 32.2. The van der Waals surface area contributed by atoms with Gasteiger partial charge in [-0.2, -0.15) is 0 Å². The van der Waals surface area contributed by atoms with E-state index in [1.165, 1.54) is 30.4 Å². The summed E-state index contributed by atoms with van der Waals surface area (Å²) in [5.74, 6) is 0.951. The number of fused-ring (bicyclic) bond motifs is 2. The van der Waals surface area contributed by atoms with Crippen LogP contribution in [0.4, 0.5) is 0 Å². The Hall–Kier alpha value is -1.88. The summed E-state index contributed by atoms with van der Waals surface area (Å²) in [4.78, 5) is 4.54. The molecule has 0 saturated heterocycles. The number of aryl methyl sites for hydroxylation is 3. The van der Waals surface area contributed by atoms with Gasteiger partial charge in [-0.1, -0.05) is 36.0 Å². The SMILES string of the molecule is Cc1cc2nnc(S[C@@H]3CCCc4ccccc43)n2c(C)n1. The van der Waals surface area contributed by atoms with Crippen molar-refractivity contribution >= 4 is 17.4 Å². The molecule has 0 radical (unpaired) electrons. The Morgan fingerprint density at radius 2 is 2.05 bits per heavy atom. The van der Waals surface area contributed by atoms with Gasteiger partial charge in [0.2, 0.25) is 0 Å². The molecule has 1 aromatic carbocycles. The average Bonchev–Trinajstić information content (AvgIpc) is 2.90. The van der Waals surface area contributed by atoms with E-state index in [1.807, 2.05) is 31.7 Å². The zero-order valence-electron chi connectivity index (χ0n) is 12.8. The standard InChI is InChI=1S/C17H18N4S/c1-11-10-16-19-20-17(21(16)12(2)18-11)22-15-9-5-7-13-6-3-4-8-14(13)15/h3-4,6,8,10,15H,5,7,9H2,1-2H3/t15-/m1/s1. The van der Waals surface area contributed by atoms with Crippen molar-refractivity contribution in [3.05, 3.63) is 53.0 Å². The number of hydrogen-bond donors (Lipinski definition) is 0. The van der Waals surface area contributed by atoms with Gasteiger partial charge in [-0.25, -0.2) is 4.98 Å². The topological polar surface area (TPSA) is 43.1 Å². The molecule has 0 amide bonds. The molecule has 0 aliphatic heterocycles. The number of benzene rings is 1. The van der Waals surface area contributed by atoms with E-state index in [9.17, 15) is 0 Å². The lowest BCUT2D eigenvalue weighted by molar-refractivity contribution is 0.670. The van der Waals surface area contributed by atoms with Crippen molar-refractivity contribution in [3.8, 4) is 0 Å². The molecule has 112 valence electrons. The van der Waals surface area contributed by atoms with E-state index < -0.39 is 0 Å². The van der Waals surface area contributed by atoms with E-state index >= 15 is 0 Å². The molecular weight excluding hydrogens is 292 g/mol. The summed E-state index contributed by atoms with van der Waals surface area (Å²) in [6, 6.07) is 10.8. The van der Waals surface area contributed by atoms with Crippen LogP contribution < -0.4 is 0 Å². The van der Waals surface area contributed by atoms with Crippen LogP contribution in [-0.4, -0.2) is 19.6 Å². The molecule has 2 heterocycles. The molecule has 0 saturated carbocycles. The van der Waals surface area contributed by atoms with Gasteiger partial charge in [-0.3, -0.25) is 4.40 Å². The van der Waals surface area contributed by atoms with Crippen molar-refractivity contribution in [2.45, 2.75) is 43.5 Å². The van der Waals surface area contributed by atoms with Crippen LogP contribution in [0.25, 0.3) is 5.65 Å². The largest absolute Gasteiger partial charge is 0.258 e. The first-order valence-corrected chi connectivity index (χ1v) is 8.54. The van der Waals surface area contributed by atoms with Gasteiger partial charge in [0.05, 0.1) is 0 Å². The molecule has 2 aromatic heterocycles. The van der Waals surface area contributed by atoms with Crippen LogP contribution in [0, 0.1) is 13.8 Å². The molecule has 1 aliphatic carbocycles. The molecule has 0 N–H and O–H groups in total. The second-order valence-electron chi connectivity index (χ2n) is 5.82. The Bertz CT molecular complexity index is 840. The molecule has 0 spiro atoms. The second-order valence-corrected chi connectivity index (χ2v) is 6.99. The third-order valence-corrected chi connectivity index (χ3v) is 5.47.